The van der Waals surface area contributed by atoms with Gasteiger partial charge in [0.1, 0.15) is 0 Å². The summed E-state index contributed by atoms with van der Waals surface area (Å²) in [6.07, 6.45) is 2.64. The molecule has 0 aromatic heterocycles. The van der Waals surface area contributed by atoms with E-state index in [9.17, 15) is 0 Å². The molecular formula is C18H30. The molecule has 0 aliphatic rings. The van der Waals surface area contributed by atoms with Crippen molar-refractivity contribution in [1.82, 2.24) is 0 Å². The van der Waals surface area contributed by atoms with E-state index in [1.165, 1.54) is 18.4 Å². The van der Waals surface area contributed by atoms with Crippen LogP contribution in [0.3, 0.4) is 0 Å². The second kappa shape index (κ2) is 13.8. The lowest BCUT2D eigenvalue weighted by atomic mass is 9.98. The van der Waals surface area contributed by atoms with Crippen LogP contribution in [0.4, 0.5) is 0 Å². The Balaban J connectivity index is 0. The van der Waals surface area contributed by atoms with E-state index in [0.717, 1.165) is 5.56 Å². The summed E-state index contributed by atoms with van der Waals surface area (Å²) in [6.45, 7) is 14.6. The van der Waals surface area contributed by atoms with E-state index >= 15 is 0 Å². The summed E-state index contributed by atoms with van der Waals surface area (Å²) in [4.78, 5) is 0. The Morgan fingerprint density at radius 3 is 1.89 bits per heavy atom. The van der Waals surface area contributed by atoms with Gasteiger partial charge >= 0.3 is 0 Å². The molecule has 0 nitrogen and oxygen atoms in total. The number of rotatable bonds is 2. The van der Waals surface area contributed by atoms with Crippen LogP contribution in [-0.4, -0.2) is 0 Å². The van der Waals surface area contributed by atoms with E-state index in [2.05, 4.69) is 57.7 Å². The molecule has 1 rings (SSSR count). The van der Waals surface area contributed by atoms with Gasteiger partial charge in [0, 0.05) is 5.56 Å². The minimum absolute atomic E-state index is 0.557. The lowest BCUT2D eigenvalue weighted by molar-refractivity contribution is 0.863. The van der Waals surface area contributed by atoms with E-state index in [1.807, 2.05) is 26.8 Å². The van der Waals surface area contributed by atoms with Gasteiger partial charge in [-0.1, -0.05) is 78.5 Å². The number of hydrogen-bond donors (Lipinski definition) is 0. The van der Waals surface area contributed by atoms with E-state index in [1.54, 1.807) is 0 Å². The summed E-state index contributed by atoms with van der Waals surface area (Å²) in [5, 5.41) is 0. The third kappa shape index (κ3) is 8.88. The van der Waals surface area contributed by atoms with Gasteiger partial charge in [-0.3, -0.25) is 0 Å². The maximum absolute atomic E-state index is 3.11. The normalized spacial score (nSPS) is 8.22. The van der Waals surface area contributed by atoms with Crippen molar-refractivity contribution in [3.8, 4) is 11.8 Å². The van der Waals surface area contributed by atoms with Crippen LogP contribution in [0.25, 0.3) is 0 Å². The smallest absolute Gasteiger partial charge is 0.0279 e. The zero-order valence-electron chi connectivity index (χ0n) is 13.3. The first-order valence-corrected chi connectivity index (χ1v) is 7.18. The topological polar surface area (TPSA) is 0 Å². The van der Waals surface area contributed by atoms with Gasteiger partial charge in [-0.05, 0) is 24.5 Å². The Kier molecular flexibility index (Phi) is 14.7. The number of hydrogen-bond acceptors (Lipinski definition) is 0. The molecule has 0 aliphatic carbocycles. The summed E-state index contributed by atoms with van der Waals surface area (Å²) in [5.41, 5.74) is 2.50. The molecule has 1 aromatic carbocycles. The van der Waals surface area contributed by atoms with E-state index < -0.39 is 0 Å². The molecule has 0 aliphatic heterocycles. The first kappa shape index (κ1) is 19.1. The molecule has 0 saturated carbocycles. The highest BCUT2D eigenvalue weighted by molar-refractivity contribution is 5.42. The SMILES string of the molecule is CC.CC#Cc1ccccc1C(C)C.CCCC. The van der Waals surface area contributed by atoms with Crippen LogP contribution in [0.1, 0.15) is 78.4 Å². The maximum Gasteiger partial charge on any atom is 0.0279 e. The molecule has 0 N–H and O–H groups in total. The van der Waals surface area contributed by atoms with E-state index in [-0.39, 0.29) is 0 Å². The Bertz CT molecular complexity index is 335. The molecule has 1 aromatic rings. The summed E-state index contributed by atoms with van der Waals surface area (Å²) in [5.74, 6) is 6.59. The quantitative estimate of drug-likeness (QED) is 0.560. The van der Waals surface area contributed by atoms with Crippen LogP contribution >= 0.6 is 0 Å². The summed E-state index contributed by atoms with van der Waals surface area (Å²) in [6, 6.07) is 8.32. The molecule has 102 valence electrons. The molecule has 0 bridgehead atoms. The monoisotopic (exact) mass is 246 g/mol. The van der Waals surface area contributed by atoms with Gasteiger partial charge in [0.05, 0.1) is 0 Å². The Labute approximate surface area is 115 Å². The zero-order chi connectivity index (χ0) is 14.4. The van der Waals surface area contributed by atoms with Crippen LogP contribution in [0.2, 0.25) is 0 Å². The van der Waals surface area contributed by atoms with Gasteiger partial charge in [0.15, 0.2) is 0 Å². The molecule has 0 radical (unpaired) electrons. The molecule has 0 fully saturated rings. The molecule has 0 unspecified atom stereocenters. The lowest BCUT2D eigenvalue weighted by Gasteiger charge is -2.06. The van der Waals surface area contributed by atoms with E-state index in [4.69, 9.17) is 0 Å². The predicted molar refractivity (Wildman–Crippen MR) is 85.0 cm³/mol. The van der Waals surface area contributed by atoms with Crippen LogP contribution in [0, 0.1) is 11.8 Å². The van der Waals surface area contributed by atoms with Crippen LogP contribution < -0.4 is 0 Å². The predicted octanol–water partition coefficient (Wildman–Crippen LogP) is 6.01. The van der Waals surface area contributed by atoms with Crippen molar-refractivity contribution in [3.05, 3.63) is 35.4 Å². The standard InChI is InChI=1S/C12H14.C4H10.C2H6/c1-4-7-11-8-5-6-9-12(11)10(2)3;1-3-4-2;1-2/h5-6,8-10H,1-3H3;3-4H2,1-2H3;1-2H3. The highest BCUT2D eigenvalue weighted by atomic mass is 14.1. The fraction of sp³-hybridized carbons (Fsp3) is 0.556. The molecule has 0 atom stereocenters. The molecule has 18 heavy (non-hydrogen) atoms. The zero-order valence-corrected chi connectivity index (χ0v) is 13.3. The van der Waals surface area contributed by atoms with Crippen molar-refractivity contribution in [2.75, 3.05) is 0 Å². The largest absolute Gasteiger partial charge is 0.101 e. The van der Waals surface area contributed by atoms with Crippen molar-refractivity contribution < 1.29 is 0 Å². The number of unbranched alkanes of at least 4 members (excludes halogenated alkanes) is 1. The lowest BCUT2D eigenvalue weighted by Crippen LogP contribution is -1.91. The Morgan fingerprint density at radius 2 is 1.50 bits per heavy atom. The van der Waals surface area contributed by atoms with Crippen molar-refractivity contribution >= 4 is 0 Å². The molecular weight excluding hydrogens is 216 g/mol. The van der Waals surface area contributed by atoms with Gasteiger partial charge in [-0.15, -0.1) is 5.92 Å². The fourth-order valence-corrected chi connectivity index (χ4v) is 1.25. The first-order valence-electron chi connectivity index (χ1n) is 7.18. The van der Waals surface area contributed by atoms with Crippen molar-refractivity contribution in [1.29, 1.82) is 0 Å². The molecule has 0 spiro atoms. The van der Waals surface area contributed by atoms with Gasteiger partial charge in [-0.2, -0.15) is 0 Å². The van der Waals surface area contributed by atoms with Crippen molar-refractivity contribution in [2.24, 2.45) is 0 Å². The fourth-order valence-electron chi connectivity index (χ4n) is 1.25. The maximum atomic E-state index is 3.11. The van der Waals surface area contributed by atoms with Gasteiger partial charge in [0.25, 0.3) is 0 Å². The Morgan fingerprint density at radius 1 is 1.00 bits per heavy atom. The van der Waals surface area contributed by atoms with Crippen LogP contribution in [0.15, 0.2) is 24.3 Å². The summed E-state index contributed by atoms with van der Waals surface area (Å²) >= 11 is 0. The van der Waals surface area contributed by atoms with Gasteiger partial charge in [0.2, 0.25) is 0 Å². The van der Waals surface area contributed by atoms with Crippen LogP contribution in [-0.2, 0) is 0 Å². The second-order valence-corrected chi connectivity index (χ2v) is 4.12. The average molecular weight is 246 g/mol. The average Bonchev–Trinajstić information content (AvgIpc) is 2.42. The summed E-state index contributed by atoms with van der Waals surface area (Å²) in [7, 11) is 0. The Hall–Kier alpha value is -1.22. The minimum atomic E-state index is 0.557. The highest BCUT2D eigenvalue weighted by Gasteiger charge is 2.01. The van der Waals surface area contributed by atoms with Crippen molar-refractivity contribution in [3.63, 3.8) is 0 Å². The molecule has 0 amide bonds. The first-order chi connectivity index (χ1) is 8.67. The van der Waals surface area contributed by atoms with Crippen LogP contribution in [0.5, 0.6) is 0 Å². The molecule has 0 heteroatoms. The van der Waals surface area contributed by atoms with Gasteiger partial charge in [-0.25, -0.2) is 0 Å². The third-order valence-electron chi connectivity index (χ3n) is 2.34. The second-order valence-electron chi connectivity index (χ2n) is 4.12. The molecule has 0 heterocycles. The molecule has 0 saturated heterocycles. The minimum Gasteiger partial charge on any atom is -0.101 e. The van der Waals surface area contributed by atoms with Gasteiger partial charge < -0.3 is 0 Å². The van der Waals surface area contributed by atoms with E-state index in [0.29, 0.717) is 5.92 Å². The number of benzene rings is 1. The third-order valence-corrected chi connectivity index (χ3v) is 2.34. The van der Waals surface area contributed by atoms with Crippen molar-refractivity contribution in [2.45, 2.75) is 67.2 Å². The summed E-state index contributed by atoms with van der Waals surface area (Å²) < 4.78 is 0. The highest BCUT2D eigenvalue weighted by Crippen LogP contribution is 2.17.